The van der Waals surface area contributed by atoms with Gasteiger partial charge >= 0.3 is 0 Å². The predicted octanol–water partition coefficient (Wildman–Crippen LogP) is 1.98. The molecule has 0 amide bonds. The van der Waals surface area contributed by atoms with Crippen LogP contribution in [0.3, 0.4) is 0 Å². The Kier molecular flexibility index (Phi) is 5.45. The molecule has 2 rings (SSSR count). The van der Waals surface area contributed by atoms with Crippen LogP contribution in [0.1, 0.15) is 18.4 Å². The van der Waals surface area contributed by atoms with Crippen molar-refractivity contribution in [3.63, 3.8) is 0 Å². The van der Waals surface area contributed by atoms with Crippen molar-refractivity contribution in [1.82, 2.24) is 5.32 Å². The largest absolute Gasteiger partial charge is 0.490 e. The molecule has 106 valence electrons. The van der Waals surface area contributed by atoms with Crippen molar-refractivity contribution in [2.75, 3.05) is 20.3 Å². The Bertz CT molecular complexity index is 410. The minimum absolute atomic E-state index is 0.199. The summed E-state index contributed by atoms with van der Waals surface area (Å²) in [5.74, 6) is 0.718. The minimum Gasteiger partial charge on any atom is -0.490 e. The molecule has 5 heteroatoms. The quantitative estimate of drug-likeness (QED) is 0.767. The van der Waals surface area contributed by atoms with E-state index in [1.807, 2.05) is 18.2 Å². The Balaban J connectivity index is 1.95. The molecule has 1 aliphatic carbocycles. The molecule has 0 spiro atoms. The first-order valence-corrected chi connectivity index (χ1v) is 6.89. The molecule has 0 bridgehead atoms. The molecule has 0 aliphatic heterocycles. The number of methoxy groups -OCH3 is 1. The Morgan fingerprint density at radius 2 is 2.21 bits per heavy atom. The molecule has 0 radical (unpaired) electrons. The van der Waals surface area contributed by atoms with E-state index in [2.05, 4.69) is 5.32 Å². The molecule has 1 saturated carbocycles. The van der Waals surface area contributed by atoms with Gasteiger partial charge in [0.25, 0.3) is 0 Å². The van der Waals surface area contributed by atoms with Crippen LogP contribution in [0, 0.1) is 0 Å². The summed E-state index contributed by atoms with van der Waals surface area (Å²) in [7, 11) is 1.55. The smallest absolute Gasteiger partial charge is 0.125 e. The Labute approximate surface area is 118 Å². The number of hydrogen-bond donors (Lipinski definition) is 2. The second-order valence-electron chi connectivity index (χ2n) is 4.79. The highest BCUT2D eigenvalue weighted by Gasteiger charge is 2.21. The van der Waals surface area contributed by atoms with E-state index in [1.165, 1.54) is 12.8 Å². The number of rotatable bonds is 8. The standard InChI is InChI=1S/C14H20ClNO3/c1-18-8-11(17)9-19-14-4-2-3-13(15)12(14)7-16-10-5-6-10/h2-4,10-11,16-17H,5-9H2,1H3. The van der Waals surface area contributed by atoms with Crippen LogP contribution in [0.2, 0.25) is 5.02 Å². The third-order valence-electron chi connectivity index (χ3n) is 3.01. The minimum atomic E-state index is -0.631. The van der Waals surface area contributed by atoms with Gasteiger partial charge in [0.05, 0.1) is 6.61 Å². The van der Waals surface area contributed by atoms with Gasteiger partial charge < -0.3 is 19.9 Å². The summed E-state index contributed by atoms with van der Waals surface area (Å²) < 4.78 is 10.5. The van der Waals surface area contributed by atoms with Crippen LogP contribution in [0.15, 0.2) is 18.2 Å². The molecule has 0 heterocycles. The zero-order valence-electron chi connectivity index (χ0n) is 11.1. The van der Waals surface area contributed by atoms with Gasteiger partial charge in [-0.05, 0) is 25.0 Å². The van der Waals surface area contributed by atoms with Gasteiger partial charge in [-0.2, -0.15) is 0 Å². The maximum atomic E-state index is 9.60. The Hall–Kier alpha value is -0.810. The van der Waals surface area contributed by atoms with Crippen molar-refractivity contribution in [3.8, 4) is 5.75 Å². The molecule has 19 heavy (non-hydrogen) atoms. The van der Waals surface area contributed by atoms with Gasteiger partial charge in [0.2, 0.25) is 0 Å². The van der Waals surface area contributed by atoms with Crippen molar-refractivity contribution in [2.24, 2.45) is 0 Å². The molecule has 0 aromatic heterocycles. The average Bonchev–Trinajstić information content (AvgIpc) is 3.19. The molecule has 1 aliphatic rings. The summed E-state index contributed by atoms with van der Waals surface area (Å²) in [6, 6.07) is 6.18. The number of nitrogens with one attached hydrogen (secondary N) is 1. The molecular weight excluding hydrogens is 266 g/mol. The zero-order valence-corrected chi connectivity index (χ0v) is 11.8. The molecule has 1 fully saturated rings. The van der Waals surface area contributed by atoms with E-state index >= 15 is 0 Å². The number of ether oxygens (including phenoxy) is 2. The topological polar surface area (TPSA) is 50.7 Å². The van der Waals surface area contributed by atoms with Crippen LogP contribution >= 0.6 is 11.6 Å². The SMILES string of the molecule is COCC(O)COc1cccc(Cl)c1CNC1CC1. The number of aliphatic hydroxyl groups is 1. The first-order chi connectivity index (χ1) is 9.20. The molecule has 4 nitrogen and oxygen atoms in total. The molecule has 0 saturated heterocycles. The lowest BCUT2D eigenvalue weighted by atomic mass is 10.2. The van der Waals surface area contributed by atoms with Crippen LogP contribution in [0.25, 0.3) is 0 Å². The van der Waals surface area contributed by atoms with Crippen molar-refractivity contribution < 1.29 is 14.6 Å². The Morgan fingerprint density at radius 1 is 1.42 bits per heavy atom. The van der Waals surface area contributed by atoms with Crippen molar-refractivity contribution in [3.05, 3.63) is 28.8 Å². The highest BCUT2D eigenvalue weighted by atomic mass is 35.5. The number of halogens is 1. The van der Waals surface area contributed by atoms with Crippen molar-refractivity contribution in [1.29, 1.82) is 0 Å². The first kappa shape index (κ1) is 14.6. The fraction of sp³-hybridized carbons (Fsp3) is 0.571. The van der Waals surface area contributed by atoms with Crippen LogP contribution in [0.5, 0.6) is 5.75 Å². The maximum absolute atomic E-state index is 9.60. The van der Waals surface area contributed by atoms with E-state index in [9.17, 15) is 5.11 Å². The number of benzene rings is 1. The predicted molar refractivity (Wildman–Crippen MR) is 74.7 cm³/mol. The van der Waals surface area contributed by atoms with Gasteiger partial charge in [-0.1, -0.05) is 17.7 Å². The summed E-state index contributed by atoms with van der Waals surface area (Å²) in [6.45, 7) is 1.15. The second-order valence-corrected chi connectivity index (χ2v) is 5.20. The maximum Gasteiger partial charge on any atom is 0.125 e. The van der Waals surface area contributed by atoms with Crippen LogP contribution in [-0.2, 0) is 11.3 Å². The van der Waals surface area contributed by atoms with E-state index in [-0.39, 0.29) is 13.2 Å². The van der Waals surface area contributed by atoms with Crippen LogP contribution in [-0.4, -0.2) is 37.6 Å². The van der Waals surface area contributed by atoms with Crippen LogP contribution in [0.4, 0.5) is 0 Å². The summed E-state index contributed by atoms with van der Waals surface area (Å²) in [5.41, 5.74) is 0.945. The molecule has 1 aromatic carbocycles. The first-order valence-electron chi connectivity index (χ1n) is 6.51. The van der Waals surface area contributed by atoms with Gasteiger partial charge in [-0.3, -0.25) is 0 Å². The van der Waals surface area contributed by atoms with Gasteiger partial charge in [0, 0.05) is 30.3 Å². The number of aliphatic hydroxyl groups excluding tert-OH is 1. The highest BCUT2D eigenvalue weighted by molar-refractivity contribution is 6.31. The zero-order chi connectivity index (χ0) is 13.7. The summed E-state index contributed by atoms with van der Waals surface area (Å²) in [6.07, 6.45) is 1.83. The van der Waals surface area contributed by atoms with Gasteiger partial charge in [-0.15, -0.1) is 0 Å². The van der Waals surface area contributed by atoms with Crippen molar-refractivity contribution >= 4 is 11.6 Å². The molecule has 1 unspecified atom stereocenters. The van der Waals surface area contributed by atoms with Crippen LogP contribution < -0.4 is 10.1 Å². The normalized spacial score (nSPS) is 16.4. The highest BCUT2D eigenvalue weighted by Crippen LogP contribution is 2.28. The average molecular weight is 286 g/mol. The van der Waals surface area contributed by atoms with Gasteiger partial charge in [0.1, 0.15) is 18.5 Å². The van der Waals surface area contributed by atoms with E-state index in [4.69, 9.17) is 21.1 Å². The fourth-order valence-corrected chi connectivity index (χ4v) is 2.04. The monoisotopic (exact) mass is 285 g/mol. The van der Waals surface area contributed by atoms with Crippen molar-refractivity contribution in [2.45, 2.75) is 31.5 Å². The third kappa shape index (κ3) is 4.66. The van der Waals surface area contributed by atoms with E-state index in [1.54, 1.807) is 7.11 Å². The molecule has 1 aromatic rings. The number of hydrogen-bond acceptors (Lipinski definition) is 4. The van der Waals surface area contributed by atoms with Gasteiger partial charge in [0.15, 0.2) is 0 Å². The summed E-state index contributed by atoms with van der Waals surface area (Å²) in [4.78, 5) is 0. The lowest BCUT2D eigenvalue weighted by Gasteiger charge is -2.16. The molecular formula is C14H20ClNO3. The van der Waals surface area contributed by atoms with Gasteiger partial charge in [-0.25, -0.2) is 0 Å². The van der Waals surface area contributed by atoms with E-state index in [0.29, 0.717) is 17.6 Å². The fourth-order valence-electron chi connectivity index (χ4n) is 1.81. The molecule has 1 atom stereocenters. The van der Waals surface area contributed by atoms with E-state index < -0.39 is 6.10 Å². The lowest BCUT2D eigenvalue weighted by molar-refractivity contribution is 0.0323. The molecule has 2 N–H and O–H groups in total. The van der Waals surface area contributed by atoms with E-state index in [0.717, 1.165) is 11.3 Å². The second kappa shape index (κ2) is 7.10. The third-order valence-corrected chi connectivity index (χ3v) is 3.37. The lowest BCUT2D eigenvalue weighted by Crippen LogP contribution is -2.23. The summed E-state index contributed by atoms with van der Waals surface area (Å²) >= 11 is 6.20. The Morgan fingerprint density at radius 3 is 2.89 bits per heavy atom. The summed E-state index contributed by atoms with van der Waals surface area (Å²) in [5, 5.41) is 13.7.